The number of thiophene rings is 1. The van der Waals surface area contributed by atoms with E-state index >= 15 is 0 Å². The fraction of sp³-hybridized carbons (Fsp3) is 0.200. The Balaban J connectivity index is 2.26. The van der Waals surface area contributed by atoms with Crippen molar-refractivity contribution in [3.8, 4) is 0 Å². The molecule has 0 atom stereocenters. The first-order valence-electron chi connectivity index (χ1n) is 5.98. The SMILES string of the molecule is COC(=O)Cc1ccc(C(=O)c2cccc(C)c2F)s1. The second kappa shape index (κ2) is 5.96. The summed E-state index contributed by atoms with van der Waals surface area (Å²) in [6.07, 6.45) is 0.116. The number of carbonyl (C=O) groups excluding carboxylic acids is 2. The Hall–Kier alpha value is -2.01. The van der Waals surface area contributed by atoms with Crippen LogP contribution >= 0.6 is 11.3 Å². The maximum absolute atomic E-state index is 13.9. The van der Waals surface area contributed by atoms with Gasteiger partial charge in [0.25, 0.3) is 0 Å². The molecule has 0 aliphatic carbocycles. The van der Waals surface area contributed by atoms with Gasteiger partial charge in [-0.1, -0.05) is 12.1 Å². The van der Waals surface area contributed by atoms with Gasteiger partial charge in [-0.05, 0) is 30.7 Å². The molecule has 0 unspecified atom stereocenters. The van der Waals surface area contributed by atoms with Gasteiger partial charge in [0.2, 0.25) is 5.78 Å². The van der Waals surface area contributed by atoms with Gasteiger partial charge in [-0.2, -0.15) is 0 Å². The average Bonchev–Trinajstić information content (AvgIpc) is 2.89. The third-order valence-corrected chi connectivity index (χ3v) is 3.95. The molecular weight excluding hydrogens is 279 g/mol. The first-order valence-corrected chi connectivity index (χ1v) is 6.80. The highest BCUT2D eigenvalue weighted by molar-refractivity contribution is 7.14. The van der Waals surface area contributed by atoms with Gasteiger partial charge in [-0.3, -0.25) is 9.59 Å². The van der Waals surface area contributed by atoms with Crippen LogP contribution in [0.4, 0.5) is 4.39 Å². The zero-order valence-electron chi connectivity index (χ0n) is 11.1. The Morgan fingerprint density at radius 3 is 2.70 bits per heavy atom. The molecule has 0 spiro atoms. The molecule has 0 aliphatic heterocycles. The molecule has 0 amide bonds. The average molecular weight is 292 g/mol. The molecule has 1 aromatic carbocycles. The summed E-state index contributed by atoms with van der Waals surface area (Å²) in [5.41, 5.74) is 0.485. The number of esters is 1. The normalized spacial score (nSPS) is 10.3. The summed E-state index contributed by atoms with van der Waals surface area (Å²) in [5.74, 6) is -1.24. The fourth-order valence-electron chi connectivity index (χ4n) is 1.76. The van der Waals surface area contributed by atoms with Crippen molar-refractivity contribution in [2.24, 2.45) is 0 Å². The first-order chi connectivity index (χ1) is 9.52. The van der Waals surface area contributed by atoms with Crippen LogP contribution in [0.15, 0.2) is 30.3 Å². The number of benzene rings is 1. The topological polar surface area (TPSA) is 43.4 Å². The second-order valence-corrected chi connectivity index (χ2v) is 5.45. The molecule has 3 nitrogen and oxygen atoms in total. The van der Waals surface area contributed by atoms with Crippen LogP contribution in [0.5, 0.6) is 0 Å². The van der Waals surface area contributed by atoms with E-state index in [0.29, 0.717) is 15.3 Å². The molecule has 20 heavy (non-hydrogen) atoms. The minimum atomic E-state index is -0.500. The lowest BCUT2D eigenvalue weighted by atomic mass is 10.1. The summed E-state index contributed by atoms with van der Waals surface area (Å²) in [6.45, 7) is 1.61. The number of hydrogen-bond donors (Lipinski definition) is 0. The van der Waals surface area contributed by atoms with Crippen molar-refractivity contribution in [2.75, 3.05) is 7.11 Å². The third kappa shape index (κ3) is 2.93. The van der Waals surface area contributed by atoms with Crippen molar-refractivity contribution >= 4 is 23.1 Å². The van der Waals surface area contributed by atoms with E-state index in [1.807, 2.05) is 0 Å². The molecular formula is C15H13FO3S. The summed E-state index contributed by atoms with van der Waals surface area (Å²) in [4.78, 5) is 24.5. The first kappa shape index (κ1) is 14.4. The predicted octanol–water partition coefficient (Wildman–Crippen LogP) is 3.14. The van der Waals surface area contributed by atoms with Gasteiger partial charge < -0.3 is 4.74 Å². The highest BCUT2D eigenvalue weighted by atomic mass is 32.1. The van der Waals surface area contributed by atoms with Crippen LogP contribution in [-0.2, 0) is 16.0 Å². The van der Waals surface area contributed by atoms with Gasteiger partial charge in [-0.15, -0.1) is 11.3 Å². The number of aryl methyl sites for hydroxylation is 1. The lowest BCUT2D eigenvalue weighted by Gasteiger charge is -2.02. The van der Waals surface area contributed by atoms with Crippen LogP contribution < -0.4 is 0 Å². The van der Waals surface area contributed by atoms with E-state index in [9.17, 15) is 14.0 Å². The Kier molecular flexibility index (Phi) is 4.29. The van der Waals surface area contributed by atoms with Crippen LogP contribution in [0, 0.1) is 12.7 Å². The van der Waals surface area contributed by atoms with E-state index in [4.69, 9.17) is 0 Å². The Bertz CT molecular complexity index is 661. The van der Waals surface area contributed by atoms with Gasteiger partial charge in [0, 0.05) is 4.88 Å². The van der Waals surface area contributed by atoms with Crippen molar-refractivity contribution in [2.45, 2.75) is 13.3 Å². The zero-order chi connectivity index (χ0) is 14.7. The number of ketones is 1. The van der Waals surface area contributed by atoms with Gasteiger partial charge in [0.05, 0.1) is 24.0 Å². The minimum Gasteiger partial charge on any atom is -0.469 e. The lowest BCUT2D eigenvalue weighted by Crippen LogP contribution is -2.04. The van der Waals surface area contributed by atoms with E-state index in [2.05, 4.69) is 4.74 Å². The summed E-state index contributed by atoms with van der Waals surface area (Å²) in [6, 6.07) is 8.01. The summed E-state index contributed by atoms with van der Waals surface area (Å²) >= 11 is 1.18. The zero-order valence-corrected chi connectivity index (χ0v) is 11.9. The lowest BCUT2D eigenvalue weighted by molar-refractivity contribution is -0.139. The molecule has 104 valence electrons. The van der Waals surface area contributed by atoms with Crippen LogP contribution in [0.2, 0.25) is 0 Å². The fourth-order valence-corrected chi connectivity index (χ4v) is 2.71. The monoisotopic (exact) mass is 292 g/mol. The Morgan fingerprint density at radius 1 is 1.25 bits per heavy atom. The number of carbonyl (C=O) groups is 2. The van der Waals surface area contributed by atoms with Gasteiger partial charge in [-0.25, -0.2) is 4.39 Å². The molecule has 0 fully saturated rings. The van der Waals surface area contributed by atoms with Crippen molar-refractivity contribution in [3.63, 3.8) is 0 Å². The van der Waals surface area contributed by atoms with Crippen molar-refractivity contribution in [1.82, 2.24) is 0 Å². The van der Waals surface area contributed by atoms with Crippen molar-refractivity contribution in [3.05, 3.63) is 57.0 Å². The van der Waals surface area contributed by atoms with Crippen LogP contribution in [-0.4, -0.2) is 18.9 Å². The second-order valence-electron chi connectivity index (χ2n) is 4.28. The molecule has 0 N–H and O–H groups in total. The third-order valence-electron chi connectivity index (χ3n) is 2.87. The largest absolute Gasteiger partial charge is 0.469 e. The summed E-state index contributed by atoms with van der Waals surface area (Å²) in [5, 5.41) is 0. The summed E-state index contributed by atoms with van der Waals surface area (Å²) < 4.78 is 18.5. The molecule has 0 saturated carbocycles. The number of hydrogen-bond acceptors (Lipinski definition) is 4. The molecule has 0 saturated heterocycles. The number of ether oxygens (including phenoxy) is 1. The molecule has 2 rings (SSSR count). The van der Waals surface area contributed by atoms with E-state index < -0.39 is 5.82 Å². The summed E-state index contributed by atoms with van der Waals surface area (Å²) in [7, 11) is 1.31. The maximum Gasteiger partial charge on any atom is 0.310 e. The van der Waals surface area contributed by atoms with Crippen molar-refractivity contribution in [1.29, 1.82) is 0 Å². The van der Waals surface area contributed by atoms with Crippen LogP contribution in [0.1, 0.15) is 25.7 Å². The number of methoxy groups -OCH3 is 1. The van der Waals surface area contributed by atoms with Gasteiger partial charge in [0.15, 0.2) is 0 Å². The van der Waals surface area contributed by atoms with E-state index in [-0.39, 0.29) is 23.7 Å². The number of rotatable bonds is 4. The number of halogens is 1. The van der Waals surface area contributed by atoms with Crippen LogP contribution in [0.25, 0.3) is 0 Å². The van der Waals surface area contributed by atoms with E-state index in [0.717, 1.165) is 0 Å². The molecule has 2 aromatic rings. The molecule has 1 aromatic heterocycles. The molecule has 1 heterocycles. The standard InChI is InChI=1S/C15H13FO3S/c1-9-4-3-5-11(14(9)16)15(18)12-7-6-10(20-12)8-13(17)19-2/h3-7H,8H2,1-2H3. The predicted molar refractivity (Wildman–Crippen MR) is 74.6 cm³/mol. The smallest absolute Gasteiger partial charge is 0.310 e. The molecule has 0 bridgehead atoms. The maximum atomic E-state index is 13.9. The minimum absolute atomic E-state index is 0.0523. The quantitative estimate of drug-likeness (QED) is 0.642. The molecule has 0 radical (unpaired) electrons. The molecule has 0 aliphatic rings. The molecule has 5 heteroatoms. The highest BCUT2D eigenvalue weighted by Crippen LogP contribution is 2.23. The van der Waals surface area contributed by atoms with Crippen LogP contribution in [0.3, 0.4) is 0 Å². The Morgan fingerprint density at radius 2 is 2.00 bits per heavy atom. The van der Waals surface area contributed by atoms with Crippen molar-refractivity contribution < 1.29 is 18.7 Å². The van der Waals surface area contributed by atoms with E-state index in [1.165, 1.54) is 24.5 Å². The van der Waals surface area contributed by atoms with E-state index in [1.54, 1.807) is 31.2 Å². The highest BCUT2D eigenvalue weighted by Gasteiger charge is 2.17. The van der Waals surface area contributed by atoms with Gasteiger partial charge in [0.1, 0.15) is 5.82 Å². The van der Waals surface area contributed by atoms with Gasteiger partial charge >= 0.3 is 5.97 Å². The Labute approximate surface area is 120 Å².